The summed E-state index contributed by atoms with van der Waals surface area (Å²) in [4.78, 5) is 0. The van der Waals surface area contributed by atoms with Crippen LogP contribution in [-0.4, -0.2) is 20.4 Å². The van der Waals surface area contributed by atoms with E-state index in [0.717, 1.165) is 0 Å². The molecular formula is C9H19BrMg. The summed E-state index contributed by atoms with van der Waals surface area (Å²) in [7, 11) is 0. The summed E-state index contributed by atoms with van der Waals surface area (Å²) in [5.74, 6) is 0. The van der Waals surface area contributed by atoms with Crippen LogP contribution in [0.5, 0.6) is 0 Å². The van der Waals surface area contributed by atoms with Crippen LogP contribution in [0.1, 0.15) is 45.4 Å². The molecule has 0 amide bonds. The third kappa shape index (κ3) is 5.48. The number of hydrogen-bond acceptors (Lipinski definition) is 0. The fourth-order valence-corrected chi connectivity index (χ4v) is 4.11. The van der Waals surface area contributed by atoms with Crippen molar-refractivity contribution in [2.75, 3.05) is 0 Å². The highest BCUT2D eigenvalue weighted by Crippen LogP contribution is 2.28. The molecule has 1 fully saturated rings. The summed E-state index contributed by atoms with van der Waals surface area (Å²) < 4.78 is 2.85. The minimum atomic E-state index is 0. The Hall–Kier alpha value is 1.25. The predicted octanol–water partition coefficient (Wildman–Crippen LogP) is 3.85. The van der Waals surface area contributed by atoms with E-state index >= 15 is 0 Å². The third-order valence-electron chi connectivity index (χ3n) is 2.69. The van der Waals surface area contributed by atoms with Crippen molar-refractivity contribution in [3.63, 3.8) is 0 Å². The lowest BCUT2D eigenvalue weighted by atomic mass is 10.00. The normalized spacial score (nSPS) is 18.6. The van der Waals surface area contributed by atoms with Gasteiger partial charge in [-0.3, -0.25) is 0 Å². The molecule has 1 saturated carbocycles. The van der Waals surface area contributed by atoms with Gasteiger partial charge in [0.25, 0.3) is 0 Å². The first-order valence-electron chi connectivity index (χ1n) is 4.93. The number of rotatable bonds is 3. The Balaban J connectivity index is 0.000001000. The molecule has 0 saturated heterocycles. The van der Waals surface area contributed by atoms with Gasteiger partial charge in [-0.25, -0.2) is 0 Å². The van der Waals surface area contributed by atoms with E-state index in [1.165, 1.54) is 16.9 Å². The van der Waals surface area contributed by atoms with Crippen LogP contribution in [0.2, 0.25) is 8.60 Å². The van der Waals surface area contributed by atoms with Crippen LogP contribution in [-0.2, 0) is 0 Å². The smallest absolute Gasteiger partial charge is 0.146 e. The zero-order valence-corrected chi connectivity index (χ0v) is 10.8. The van der Waals surface area contributed by atoms with Gasteiger partial charge >= 0.3 is 20.4 Å². The largest absolute Gasteiger partial charge is 0.368 e. The second-order valence-corrected chi connectivity index (χ2v) is 6.09. The standard InChI is InChI=1S/C6H11.C3H7.BrH.Mg/c1-2-4-6-5-3-1;1-3-2;;/h1H,2-6H2;1,3H2,2H3;1H;. The molecule has 0 radical (unpaired) electrons. The molecule has 0 unspecified atom stereocenters. The van der Waals surface area contributed by atoms with Gasteiger partial charge in [0, 0.05) is 0 Å². The van der Waals surface area contributed by atoms with Crippen LogP contribution < -0.4 is 0 Å². The minimum absolute atomic E-state index is 0. The molecule has 0 N–H and O–H groups in total. The van der Waals surface area contributed by atoms with E-state index in [9.17, 15) is 0 Å². The molecule has 0 aromatic rings. The Labute approximate surface area is 91.0 Å². The van der Waals surface area contributed by atoms with Gasteiger partial charge in [0.2, 0.25) is 0 Å². The highest BCUT2D eigenvalue weighted by Gasteiger charge is 2.14. The second kappa shape index (κ2) is 7.87. The van der Waals surface area contributed by atoms with Crippen molar-refractivity contribution >= 4 is 37.3 Å². The third-order valence-corrected chi connectivity index (χ3v) is 5.44. The molecule has 64 valence electrons. The Morgan fingerprint density at radius 3 is 2.36 bits per heavy atom. The molecule has 0 heterocycles. The van der Waals surface area contributed by atoms with Crippen LogP contribution in [0.15, 0.2) is 0 Å². The first kappa shape index (κ1) is 12.2. The summed E-state index contributed by atoms with van der Waals surface area (Å²) in [5.41, 5.74) is 0. The van der Waals surface area contributed by atoms with Crippen LogP contribution >= 0.6 is 17.0 Å². The van der Waals surface area contributed by atoms with Gasteiger partial charge in [0.1, 0.15) is 0 Å². The zero-order chi connectivity index (χ0) is 7.23. The lowest BCUT2D eigenvalue weighted by Gasteiger charge is -2.20. The maximum absolute atomic E-state index is 2.33. The van der Waals surface area contributed by atoms with Crippen molar-refractivity contribution in [3.8, 4) is 0 Å². The summed E-state index contributed by atoms with van der Waals surface area (Å²) in [6.07, 6.45) is 9.24. The molecule has 1 aliphatic carbocycles. The molecule has 1 aliphatic rings. The topological polar surface area (TPSA) is 0 Å². The van der Waals surface area contributed by atoms with Crippen molar-refractivity contribution in [1.82, 2.24) is 0 Å². The average molecular weight is 231 g/mol. The maximum atomic E-state index is 2.33. The molecule has 0 atom stereocenters. The summed E-state index contributed by atoms with van der Waals surface area (Å²) >= 11 is 0.366. The fraction of sp³-hybridized carbons (Fsp3) is 1.00. The predicted molar refractivity (Wildman–Crippen MR) is 58.0 cm³/mol. The van der Waals surface area contributed by atoms with Gasteiger partial charge in [-0.2, -0.15) is 0 Å². The van der Waals surface area contributed by atoms with Crippen LogP contribution in [0, 0.1) is 0 Å². The van der Waals surface area contributed by atoms with Gasteiger partial charge in [-0.15, -0.1) is 25.6 Å². The van der Waals surface area contributed by atoms with E-state index in [4.69, 9.17) is 0 Å². The quantitative estimate of drug-likeness (QED) is 0.647. The fourth-order valence-electron chi connectivity index (χ4n) is 1.97. The van der Waals surface area contributed by atoms with Crippen molar-refractivity contribution < 1.29 is 0 Å². The van der Waals surface area contributed by atoms with E-state index in [1.54, 1.807) is 30.2 Å². The van der Waals surface area contributed by atoms with Crippen molar-refractivity contribution in [3.05, 3.63) is 0 Å². The van der Waals surface area contributed by atoms with E-state index in [0.29, 0.717) is 20.4 Å². The van der Waals surface area contributed by atoms with E-state index in [2.05, 4.69) is 6.92 Å². The first-order chi connectivity index (χ1) is 4.93. The summed E-state index contributed by atoms with van der Waals surface area (Å²) in [6, 6.07) is 0. The number of hydrogen-bond donors (Lipinski definition) is 0. The molecule has 11 heavy (non-hydrogen) atoms. The monoisotopic (exact) mass is 230 g/mol. The van der Waals surface area contributed by atoms with Gasteiger partial charge < -0.3 is 0 Å². The van der Waals surface area contributed by atoms with Crippen molar-refractivity contribution in [2.24, 2.45) is 0 Å². The average Bonchev–Trinajstić information content (AvgIpc) is 2.03. The second-order valence-electron chi connectivity index (χ2n) is 3.65. The molecule has 0 aromatic carbocycles. The van der Waals surface area contributed by atoms with Crippen LogP contribution in [0.25, 0.3) is 0 Å². The lowest BCUT2D eigenvalue weighted by Crippen LogP contribution is -2.07. The summed E-state index contributed by atoms with van der Waals surface area (Å²) in [5, 5.41) is 0. The van der Waals surface area contributed by atoms with Crippen molar-refractivity contribution in [1.29, 1.82) is 0 Å². The zero-order valence-electron chi connectivity index (χ0n) is 7.64. The Morgan fingerprint density at radius 2 is 1.82 bits per heavy atom. The van der Waals surface area contributed by atoms with Crippen LogP contribution in [0.3, 0.4) is 0 Å². The highest BCUT2D eigenvalue weighted by atomic mass is 79.9. The summed E-state index contributed by atoms with van der Waals surface area (Å²) in [6.45, 7) is 2.33. The SMILES string of the molecule is Br.CC[CH2][Mg][CH]1CCCCC1. The Kier molecular flexibility index (Phi) is 8.76. The molecule has 0 aliphatic heterocycles. The van der Waals surface area contributed by atoms with Gasteiger partial charge in [-0.1, -0.05) is 45.4 Å². The molecule has 1 rings (SSSR count). The van der Waals surface area contributed by atoms with E-state index < -0.39 is 0 Å². The van der Waals surface area contributed by atoms with E-state index in [1.807, 2.05) is 0 Å². The molecule has 0 spiro atoms. The first-order valence-corrected chi connectivity index (χ1v) is 6.75. The van der Waals surface area contributed by atoms with E-state index in [-0.39, 0.29) is 17.0 Å². The maximum Gasteiger partial charge on any atom is 0.368 e. The molecular weight excluding hydrogens is 212 g/mol. The molecule has 0 bridgehead atoms. The van der Waals surface area contributed by atoms with Gasteiger partial charge in [0.15, 0.2) is 0 Å². The van der Waals surface area contributed by atoms with Gasteiger partial charge in [-0.05, 0) is 0 Å². The van der Waals surface area contributed by atoms with Crippen LogP contribution in [0.4, 0.5) is 0 Å². The minimum Gasteiger partial charge on any atom is -0.146 e. The van der Waals surface area contributed by atoms with Gasteiger partial charge in [0.05, 0.1) is 0 Å². The number of halogens is 1. The Bertz CT molecular complexity index is 79.6. The van der Waals surface area contributed by atoms with Crippen molar-refractivity contribution in [2.45, 2.75) is 54.0 Å². The molecule has 0 aromatic heterocycles. The Morgan fingerprint density at radius 1 is 1.18 bits per heavy atom. The lowest BCUT2D eigenvalue weighted by molar-refractivity contribution is 0.499. The highest BCUT2D eigenvalue weighted by molar-refractivity contribution is 8.93. The molecule has 0 nitrogen and oxygen atoms in total. The molecule has 2 heteroatoms.